The second-order valence-electron chi connectivity index (χ2n) is 7.67. The van der Waals surface area contributed by atoms with Crippen LogP contribution in [0.2, 0.25) is 0 Å². The molecule has 0 aliphatic heterocycles. The molecule has 112 valence electrons. The first-order valence-corrected chi connectivity index (χ1v) is 8.22. The third-order valence-corrected chi connectivity index (χ3v) is 5.76. The van der Waals surface area contributed by atoms with Crippen LogP contribution in [0.4, 0.5) is 0 Å². The highest BCUT2D eigenvalue weighted by atomic mass is 16.1. The van der Waals surface area contributed by atoms with Gasteiger partial charge in [-0.25, -0.2) is 0 Å². The Bertz CT molecular complexity index is 419. The van der Waals surface area contributed by atoms with Gasteiger partial charge in [0.15, 0.2) is 5.78 Å². The van der Waals surface area contributed by atoms with E-state index >= 15 is 0 Å². The van der Waals surface area contributed by atoms with Gasteiger partial charge in [-0.15, -0.1) is 0 Å². The maximum atomic E-state index is 12.5. The number of allylic oxidation sites excluding steroid dienone is 3. The fourth-order valence-electron chi connectivity index (χ4n) is 3.96. The molecule has 2 aliphatic carbocycles. The molecule has 1 saturated carbocycles. The summed E-state index contributed by atoms with van der Waals surface area (Å²) in [5.74, 6) is 2.39. The number of carbonyl (C=O) groups excluding carboxylic acids is 1. The lowest BCUT2D eigenvalue weighted by atomic mass is 9.63. The molecule has 2 aliphatic rings. The molecule has 0 N–H and O–H groups in total. The Morgan fingerprint density at radius 1 is 1.35 bits per heavy atom. The molecule has 0 aromatic carbocycles. The maximum Gasteiger partial charge on any atom is 0.159 e. The van der Waals surface area contributed by atoms with E-state index < -0.39 is 0 Å². The summed E-state index contributed by atoms with van der Waals surface area (Å²) in [6.45, 7) is 13.0. The molecule has 1 atom stereocenters. The van der Waals surface area contributed by atoms with Crippen molar-refractivity contribution in [3.63, 3.8) is 0 Å². The zero-order valence-electron chi connectivity index (χ0n) is 13.7. The van der Waals surface area contributed by atoms with Crippen molar-refractivity contribution in [1.82, 2.24) is 0 Å². The van der Waals surface area contributed by atoms with Crippen molar-refractivity contribution < 1.29 is 4.79 Å². The van der Waals surface area contributed by atoms with Crippen molar-refractivity contribution in [2.45, 2.75) is 66.2 Å². The van der Waals surface area contributed by atoms with Crippen molar-refractivity contribution >= 4 is 5.78 Å². The van der Waals surface area contributed by atoms with Gasteiger partial charge in [0.05, 0.1) is 0 Å². The van der Waals surface area contributed by atoms with Crippen LogP contribution in [0.5, 0.6) is 0 Å². The van der Waals surface area contributed by atoms with Gasteiger partial charge in [0.2, 0.25) is 0 Å². The molecule has 1 fully saturated rings. The highest BCUT2D eigenvalue weighted by molar-refractivity contribution is 5.97. The van der Waals surface area contributed by atoms with Crippen molar-refractivity contribution in [3.05, 3.63) is 23.8 Å². The van der Waals surface area contributed by atoms with E-state index in [2.05, 4.69) is 33.4 Å². The molecule has 1 heteroatoms. The van der Waals surface area contributed by atoms with E-state index in [9.17, 15) is 4.79 Å². The van der Waals surface area contributed by atoms with E-state index in [1.807, 2.05) is 6.92 Å². The maximum absolute atomic E-state index is 12.5. The summed E-state index contributed by atoms with van der Waals surface area (Å²) in [7, 11) is 0. The number of hydrogen-bond donors (Lipinski definition) is 0. The van der Waals surface area contributed by atoms with Gasteiger partial charge < -0.3 is 0 Å². The Kier molecular flexibility index (Phi) is 4.56. The van der Waals surface area contributed by atoms with Gasteiger partial charge in [0, 0.05) is 6.42 Å². The summed E-state index contributed by atoms with van der Waals surface area (Å²) in [5.41, 5.74) is 2.43. The summed E-state index contributed by atoms with van der Waals surface area (Å²) in [6.07, 6.45) is 8.87. The van der Waals surface area contributed by atoms with Crippen molar-refractivity contribution in [2.75, 3.05) is 0 Å². The fraction of sp³-hybridized carbons (Fsp3) is 0.737. The molecule has 0 radical (unpaired) electrons. The molecule has 0 spiro atoms. The molecule has 20 heavy (non-hydrogen) atoms. The van der Waals surface area contributed by atoms with Crippen LogP contribution in [0, 0.1) is 23.2 Å². The van der Waals surface area contributed by atoms with E-state index in [4.69, 9.17) is 0 Å². The van der Waals surface area contributed by atoms with E-state index in [-0.39, 0.29) is 5.41 Å². The van der Waals surface area contributed by atoms with Gasteiger partial charge in [-0.3, -0.25) is 4.79 Å². The summed E-state index contributed by atoms with van der Waals surface area (Å²) in [4.78, 5) is 12.5. The predicted molar refractivity (Wildman–Crippen MR) is 85.5 cm³/mol. The first-order valence-electron chi connectivity index (χ1n) is 8.22. The summed E-state index contributed by atoms with van der Waals surface area (Å²) in [6, 6.07) is 0. The van der Waals surface area contributed by atoms with Gasteiger partial charge in [-0.2, -0.15) is 0 Å². The lowest BCUT2D eigenvalue weighted by molar-refractivity contribution is -0.118. The number of Topliss-reactive ketones (excluding diaryl/α,β-unsaturated/α-hetero) is 1. The van der Waals surface area contributed by atoms with Crippen LogP contribution in [-0.4, -0.2) is 5.78 Å². The highest BCUT2D eigenvalue weighted by Crippen LogP contribution is 2.48. The average molecular weight is 274 g/mol. The quantitative estimate of drug-likeness (QED) is 0.636. The van der Waals surface area contributed by atoms with Gasteiger partial charge in [-0.05, 0) is 67.8 Å². The molecular weight excluding hydrogens is 244 g/mol. The number of hydrogen-bond acceptors (Lipinski definition) is 1. The minimum absolute atomic E-state index is 0.141. The van der Waals surface area contributed by atoms with Crippen LogP contribution in [0.3, 0.4) is 0 Å². The second kappa shape index (κ2) is 5.87. The predicted octanol–water partition coefficient (Wildman–Crippen LogP) is 5.32. The van der Waals surface area contributed by atoms with Crippen LogP contribution in [-0.2, 0) is 4.79 Å². The van der Waals surface area contributed by atoms with E-state index in [0.29, 0.717) is 18.1 Å². The molecule has 0 aromatic heterocycles. The van der Waals surface area contributed by atoms with Gasteiger partial charge >= 0.3 is 0 Å². The molecule has 0 saturated heterocycles. The first-order chi connectivity index (χ1) is 9.33. The number of rotatable bonds is 3. The third-order valence-electron chi connectivity index (χ3n) is 5.76. The van der Waals surface area contributed by atoms with Crippen molar-refractivity contribution in [1.29, 1.82) is 0 Å². The summed E-state index contributed by atoms with van der Waals surface area (Å²) < 4.78 is 0. The van der Waals surface area contributed by atoms with Gasteiger partial charge in [0.1, 0.15) is 0 Å². The fourth-order valence-corrected chi connectivity index (χ4v) is 3.96. The lowest BCUT2D eigenvalue weighted by Gasteiger charge is -2.41. The zero-order chi connectivity index (χ0) is 14.9. The monoisotopic (exact) mass is 274 g/mol. The second-order valence-corrected chi connectivity index (χ2v) is 7.67. The van der Waals surface area contributed by atoms with E-state index in [1.165, 1.54) is 25.7 Å². The Labute approximate surface area is 124 Å². The summed E-state index contributed by atoms with van der Waals surface area (Å²) in [5, 5.41) is 0. The first kappa shape index (κ1) is 15.5. The topological polar surface area (TPSA) is 17.1 Å². The third kappa shape index (κ3) is 3.07. The molecular formula is C19H30O. The Morgan fingerprint density at radius 2 is 1.95 bits per heavy atom. The standard InChI is InChI=1S/C19H30O/c1-13(2)15-8-10-19(5,11-9-15)17-7-6-16(14(3)4)12-18(17)20/h7,13,15-16H,3,6,8-12H2,1-2,4-5H3. The minimum Gasteiger partial charge on any atom is -0.295 e. The smallest absolute Gasteiger partial charge is 0.159 e. The molecule has 0 heterocycles. The summed E-state index contributed by atoms with van der Waals surface area (Å²) >= 11 is 0. The van der Waals surface area contributed by atoms with Crippen LogP contribution in [0.15, 0.2) is 23.8 Å². The minimum atomic E-state index is 0.141. The highest BCUT2D eigenvalue weighted by Gasteiger charge is 2.39. The molecule has 1 nitrogen and oxygen atoms in total. The Hall–Kier alpha value is -0.850. The molecule has 0 amide bonds. The van der Waals surface area contributed by atoms with Crippen LogP contribution < -0.4 is 0 Å². The van der Waals surface area contributed by atoms with Crippen LogP contribution >= 0.6 is 0 Å². The van der Waals surface area contributed by atoms with Crippen LogP contribution in [0.1, 0.15) is 66.2 Å². The van der Waals surface area contributed by atoms with E-state index in [0.717, 1.165) is 29.4 Å². The van der Waals surface area contributed by atoms with Gasteiger partial charge in [-0.1, -0.05) is 39.0 Å². The van der Waals surface area contributed by atoms with Crippen LogP contribution in [0.25, 0.3) is 0 Å². The average Bonchev–Trinajstić information content (AvgIpc) is 2.38. The number of carbonyl (C=O) groups is 1. The Morgan fingerprint density at radius 3 is 2.40 bits per heavy atom. The van der Waals surface area contributed by atoms with Crippen molar-refractivity contribution in [2.24, 2.45) is 23.2 Å². The largest absolute Gasteiger partial charge is 0.295 e. The van der Waals surface area contributed by atoms with Crippen molar-refractivity contribution in [3.8, 4) is 0 Å². The molecule has 0 aromatic rings. The van der Waals surface area contributed by atoms with E-state index in [1.54, 1.807) is 0 Å². The molecule has 0 bridgehead atoms. The van der Waals surface area contributed by atoms with Gasteiger partial charge in [0.25, 0.3) is 0 Å². The Balaban J connectivity index is 2.08. The lowest BCUT2D eigenvalue weighted by Crippen LogP contribution is -2.33. The molecule has 2 rings (SSSR count). The normalized spacial score (nSPS) is 35.0. The SMILES string of the molecule is C=C(C)C1CC=C(C2(C)CCC(C(C)C)CC2)C(=O)C1. The molecule has 1 unspecified atom stereocenters. The zero-order valence-corrected chi connectivity index (χ0v) is 13.7. The number of ketones is 1.